The highest BCUT2D eigenvalue weighted by atomic mass is 16.1. The third-order valence-corrected chi connectivity index (χ3v) is 3.96. The molecule has 0 aromatic heterocycles. The molecule has 0 spiro atoms. The predicted octanol–water partition coefficient (Wildman–Crippen LogP) is 2.25. The van der Waals surface area contributed by atoms with Crippen LogP contribution in [-0.4, -0.2) is 36.0 Å². The zero-order valence-corrected chi connectivity index (χ0v) is 11.3. The number of rotatable bonds is 4. The molecule has 3 nitrogen and oxygen atoms in total. The average molecular weight is 248 g/mol. The Morgan fingerprint density at radius 1 is 1.22 bits per heavy atom. The summed E-state index contributed by atoms with van der Waals surface area (Å²) in [5.74, 6) is 0.0337. The van der Waals surface area contributed by atoms with Crippen LogP contribution in [0.15, 0.2) is 24.3 Å². The van der Waals surface area contributed by atoms with E-state index in [9.17, 15) is 4.79 Å². The van der Waals surface area contributed by atoms with Gasteiger partial charge in [0.05, 0.1) is 0 Å². The maximum atomic E-state index is 11.7. The Labute approximate surface area is 110 Å². The first-order chi connectivity index (χ1) is 8.79. The maximum Gasteiger partial charge on any atom is 0.244 e. The van der Waals surface area contributed by atoms with E-state index in [4.69, 9.17) is 0 Å². The lowest BCUT2D eigenvalue weighted by Crippen LogP contribution is -2.38. The van der Waals surface area contributed by atoms with Crippen LogP contribution in [0.1, 0.15) is 39.0 Å². The molecular weight excluding hydrogens is 224 g/mol. The molecule has 1 unspecified atom stereocenters. The van der Waals surface area contributed by atoms with Crippen LogP contribution >= 0.6 is 0 Å². The monoisotopic (exact) mass is 248 g/mol. The van der Waals surface area contributed by atoms with Crippen molar-refractivity contribution in [2.75, 3.05) is 13.1 Å². The van der Waals surface area contributed by atoms with E-state index >= 15 is 0 Å². The highest BCUT2D eigenvalue weighted by Crippen LogP contribution is 2.26. The fourth-order valence-corrected chi connectivity index (χ4v) is 3.01. The first-order valence-corrected chi connectivity index (χ1v) is 7.13. The largest absolute Gasteiger partial charge is 0.348 e. The smallest absolute Gasteiger partial charge is 0.244 e. The molecule has 1 saturated carbocycles. The molecule has 18 heavy (non-hydrogen) atoms. The van der Waals surface area contributed by atoms with E-state index in [2.05, 4.69) is 10.2 Å². The zero-order chi connectivity index (χ0) is 12.8. The topological polar surface area (TPSA) is 32.3 Å². The Hall–Kier alpha value is -1.09. The van der Waals surface area contributed by atoms with Crippen LogP contribution < -0.4 is 5.32 Å². The third kappa shape index (κ3) is 3.70. The van der Waals surface area contributed by atoms with Gasteiger partial charge in [0.15, 0.2) is 0 Å². The number of carbonyl (C=O) groups excluding carboxylic acids is 1. The van der Waals surface area contributed by atoms with Crippen molar-refractivity contribution in [3.8, 4) is 0 Å². The molecule has 2 rings (SSSR count). The summed E-state index contributed by atoms with van der Waals surface area (Å²) >= 11 is 0. The van der Waals surface area contributed by atoms with Gasteiger partial charge in [0.1, 0.15) is 0 Å². The quantitative estimate of drug-likeness (QED) is 0.611. The first kappa shape index (κ1) is 13.3. The van der Waals surface area contributed by atoms with E-state index in [1.807, 2.05) is 19.1 Å². The van der Waals surface area contributed by atoms with Crippen molar-refractivity contribution in [2.24, 2.45) is 0 Å². The molecule has 0 aromatic rings. The van der Waals surface area contributed by atoms with Gasteiger partial charge in [-0.05, 0) is 26.2 Å². The molecule has 3 heteroatoms. The van der Waals surface area contributed by atoms with Crippen LogP contribution in [0.3, 0.4) is 0 Å². The highest BCUT2D eigenvalue weighted by molar-refractivity contribution is 5.88. The number of amides is 1. The Kier molecular flexibility index (Phi) is 5.00. The summed E-state index contributed by atoms with van der Waals surface area (Å²) in [6.45, 7) is 4.13. The molecule has 1 amide bonds. The maximum absolute atomic E-state index is 11.7. The molecule has 2 aliphatic rings. The van der Waals surface area contributed by atoms with Gasteiger partial charge in [-0.15, -0.1) is 0 Å². The summed E-state index contributed by atoms with van der Waals surface area (Å²) in [6, 6.07) is 1.12. The second kappa shape index (κ2) is 6.74. The Morgan fingerprint density at radius 2 is 2.00 bits per heavy atom. The van der Waals surface area contributed by atoms with E-state index in [1.165, 1.54) is 25.7 Å². The second-order valence-corrected chi connectivity index (χ2v) is 5.31. The number of likely N-dealkylation sites (tertiary alicyclic amines) is 1. The van der Waals surface area contributed by atoms with Gasteiger partial charge in [0.25, 0.3) is 0 Å². The number of hydrogen-bond acceptors (Lipinski definition) is 2. The fourth-order valence-electron chi connectivity index (χ4n) is 3.01. The highest BCUT2D eigenvalue weighted by Gasteiger charge is 2.30. The van der Waals surface area contributed by atoms with Gasteiger partial charge in [-0.25, -0.2) is 0 Å². The Morgan fingerprint density at radius 3 is 2.72 bits per heavy atom. The number of carbonyl (C=O) groups is 1. The SMILES string of the molecule is C/C=C/C=C/C(=O)NC1CCN(C2CCCC2)C1. The minimum absolute atomic E-state index is 0.0337. The molecule has 1 aliphatic carbocycles. The minimum Gasteiger partial charge on any atom is -0.348 e. The number of nitrogens with one attached hydrogen (secondary N) is 1. The second-order valence-electron chi connectivity index (χ2n) is 5.31. The average Bonchev–Trinajstić information content (AvgIpc) is 2.98. The molecule has 1 heterocycles. The molecule has 100 valence electrons. The Bertz CT molecular complexity index is 329. The standard InChI is InChI=1S/C15H24N2O/c1-2-3-4-9-15(18)16-13-10-11-17(12-13)14-7-5-6-8-14/h2-4,9,13-14H,5-8,10-12H2,1H3,(H,16,18)/b3-2+,9-4+. The van der Waals surface area contributed by atoms with Crippen molar-refractivity contribution in [1.29, 1.82) is 0 Å². The van der Waals surface area contributed by atoms with Crippen molar-refractivity contribution in [1.82, 2.24) is 10.2 Å². The van der Waals surface area contributed by atoms with Gasteiger partial charge in [-0.2, -0.15) is 0 Å². The van der Waals surface area contributed by atoms with Crippen molar-refractivity contribution >= 4 is 5.91 Å². The van der Waals surface area contributed by atoms with E-state index in [0.29, 0.717) is 6.04 Å². The van der Waals surface area contributed by atoms with Crippen LogP contribution in [0.5, 0.6) is 0 Å². The molecule has 1 saturated heterocycles. The van der Waals surface area contributed by atoms with Gasteiger partial charge in [-0.3, -0.25) is 9.69 Å². The van der Waals surface area contributed by atoms with Crippen LogP contribution in [-0.2, 0) is 4.79 Å². The van der Waals surface area contributed by atoms with Crippen LogP contribution in [0, 0.1) is 0 Å². The lowest BCUT2D eigenvalue weighted by molar-refractivity contribution is -0.117. The van der Waals surface area contributed by atoms with Gasteiger partial charge in [0, 0.05) is 31.2 Å². The molecule has 0 bridgehead atoms. The number of nitrogens with zero attached hydrogens (tertiary/aromatic N) is 1. The lowest BCUT2D eigenvalue weighted by atomic mass is 10.2. The van der Waals surface area contributed by atoms with E-state index in [0.717, 1.165) is 25.6 Å². The molecule has 1 atom stereocenters. The van der Waals surface area contributed by atoms with Crippen molar-refractivity contribution < 1.29 is 4.79 Å². The van der Waals surface area contributed by atoms with Crippen molar-refractivity contribution in [2.45, 2.75) is 51.1 Å². The minimum atomic E-state index is 0.0337. The van der Waals surface area contributed by atoms with E-state index in [-0.39, 0.29) is 5.91 Å². The molecule has 1 aliphatic heterocycles. The third-order valence-electron chi connectivity index (χ3n) is 3.96. The fraction of sp³-hybridized carbons (Fsp3) is 0.667. The molecule has 2 fully saturated rings. The first-order valence-electron chi connectivity index (χ1n) is 7.13. The predicted molar refractivity (Wildman–Crippen MR) is 74.3 cm³/mol. The van der Waals surface area contributed by atoms with Crippen molar-refractivity contribution in [3.63, 3.8) is 0 Å². The zero-order valence-electron chi connectivity index (χ0n) is 11.3. The molecule has 1 N–H and O–H groups in total. The van der Waals surface area contributed by atoms with E-state index in [1.54, 1.807) is 12.2 Å². The van der Waals surface area contributed by atoms with Crippen molar-refractivity contribution in [3.05, 3.63) is 24.3 Å². The summed E-state index contributed by atoms with van der Waals surface area (Å²) in [6.07, 6.45) is 13.7. The number of hydrogen-bond donors (Lipinski definition) is 1. The normalized spacial score (nSPS) is 26.6. The molecular formula is C15H24N2O. The van der Waals surface area contributed by atoms with Crippen LogP contribution in [0.2, 0.25) is 0 Å². The summed E-state index contributed by atoms with van der Waals surface area (Å²) in [7, 11) is 0. The summed E-state index contributed by atoms with van der Waals surface area (Å²) in [5.41, 5.74) is 0. The van der Waals surface area contributed by atoms with Gasteiger partial charge in [0.2, 0.25) is 5.91 Å². The van der Waals surface area contributed by atoms with Gasteiger partial charge < -0.3 is 5.32 Å². The summed E-state index contributed by atoms with van der Waals surface area (Å²) in [4.78, 5) is 14.2. The van der Waals surface area contributed by atoms with E-state index < -0.39 is 0 Å². The van der Waals surface area contributed by atoms with Gasteiger partial charge in [-0.1, -0.05) is 31.1 Å². The lowest BCUT2D eigenvalue weighted by Gasteiger charge is -2.23. The summed E-state index contributed by atoms with van der Waals surface area (Å²) < 4.78 is 0. The molecule has 0 aromatic carbocycles. The molecule has 0 radical (unpaired) electrons. The van der Waals surface area contributed by atoms with Crippen LogP contribution in [0.25, 0.3) is 0 Å². The van der Waals surface area contributed by atoms with Crippen LogP contribution in [0.4, 0.5) is 0 Å². The summed E-state index contributed by atoms with van der Waals surface area (Å²) in [5, 5.41) is 3.09. The van der Waals surface area contributed by atoms with Gasteiger partial charge >= 0.3 is 0 Å². The number of allylic oxidation sites excluding steroid dienone is 3. The Balaban J connectivity index is 1.73.